The summed E-state index contributed by atoms with van der Waals surface area (Å²) in [5.41, 5.74) is 0. The molecule has 1 saturated carbocycles. The highest BCUT2D eigenvalue weighted by molar-refractivity contribution is 7.09. The minimum atomic E-state index is 0.374. The lowest BCUT2D eigenvalue weighted by atomic mass is 9.78. The maximum absolute atomic E-state index is 4.81. The van der Waals surface area contributed by atoms with Crippen molar-refractivity contribution in [3.05, 3.63) is 34.0 Å². The van der Waals surface area contributed by atoms with Crippen molar-refractivity contribution < 1.29 is 0 Å². The third-order valence-electron chi connectivity index (χ3n) is 6.12. The number of nitrogens with zero attached hydrogens (tertiary/aromatic N) is 4. The molecule has 1 aliphatic rings. The van der Waals surface area contributed by atoms with Crippen LogP contribution in [0.1, 0.15) is 62.5 Å². The Labute approximate surface area is 172 Å². The monoisotopic (exact) mass is 402 g/mol. The molecule has 2 aromatic rings. The predicted octanol–water partition coefficient (Wildman–Crippen LogP) is 4.03. The van der Waals surface area contributed by atoms with E-state index in [4.69, 9.17) is 4.99 Å². The van der Waals surface area contributed by atoms with Gasteiger partial charge in [0, 0.05) is 18.0 Å². The molecule has 0 saturated heterocycles. The molecule has 3 rings (SSSR count). The minimum Gasteiger partial charge on any atom is -0.354 e. The summed E-state index contributed by atoms with van der Waals surface area (Å²) in [4.78, 5) is 6.11. The summed E-state index contributed by atoms with van der Waals surface area (Å²) in [6, 6.07) is 4.61. The van der Waals surface area contributed by atoms with Crippen molar-refractivity contribution in [2.24, 2.45) is 23.9 Å². The molecule has 154 valence electrons. The Kier molecular flexibility index (Phi) is 7.48. The van der Waals surface area contributed by atoms with Gasteiger partial charge in [0.05, 0.1) is 6.54 Å². The zero-order chi connectivity index (χ0) is 19.9. The van der Waals surface area contributed by atoms with Crippen LogP contribution in [-0.2, 0) is 20.1 Å². The van der Waals surface area contributed by atoms with Crippen molar-refractivity contribution in [2.45, 2.75) is 72.0 Å². The summed E-state index contributed by atoms with van der Waals surface area (Å²) in [6.45, 7) is 7.93. The summed E-state index contributed by atoms with van der Waals surface area (Å²) < 4.78 is 1.99. The molecule has 2 heterocycles. The first-order valence-corrected chi connectivity index (χ1v) is 11.3. The van der Waals surface area contributed by atoms with Gasteiger partial charge in [-0.25, -0.2) is 4.99 Å². The van der Waals surface area contributed by atoms with Crippen LogP contribution in [0.2, 0.25) is 0 Å². The van der Waals surface area contributed by atoms with Crippen LogP contribution in [0.3, 0.4) is 0 Å². The van der Waals surface area contributed by atoms with Gasteiger partial charge < -0.3 is 15.2 Å². The SMILES string of the molecule is Cc1nnc(CN=C(NCc2cccs2)NC(C)C(C)C2CCCCC2)n1C. The Morgan fingerprint density at radius 3 is 2.71 bits per heavy atom. The second-order valence-electron chi connectivity index (χ2n) is 8.01. The first kappa shape index (κ1) is 20.8. The fourth-order valence-corrected chi connectivity index (χ4v) is 4.53. The number of rotatable bonds is 7. The van der Waals surface area contributed by atoms with Gasteiger partial charge >= 0.3 is 0 Å². The number of hydrogen-bond acceptors (Lipinski definition) is 4. The van der Waals surface area contributed by atoms with Crippen LogP contribution in [0.5, 0.6) is 0 Å². The van der Waals surface area contributed by atoms with E-state index in [0.29, 0.717) is 18.5 Å². The second kappa shape index (κ2) is 10.0. The Morgan fingerprint density at radius 1 is 1.29 bits per heavy atom. The second-order valence-corrected chi connectivity index (χ2v) is 9.04. The van der Waals surface area contributed by atoms with Crippen molar-refractivity contribution in [3.8, 4) is 0 Å². The van der Waals surface area contributed by atoms with E-state index in [2.05, 4.69) is 52.2 Å². The van der Waals surface area contributed by atoms with Crippen molar-refractivity contribution in [1.82, 2.24) is 25.4 Å². The molecule has 0 radical (unpaired) electrons. The molecular weight excluding hydrogens is 368 g/mol. The van der Waals surface area contributed by atoms with Gasteiger partial charge in [-0.1, -0.05) is 45.1 Å². The molecule has 2 atom stereocenters. The molecule has 2 N–H and O–H groups in total. The number of aryl methyl sites for hydroxylation is 1. The highest BCUT2D eigenvalue weighted by atomic mass is 32.1. The summed E-state index contributed by atoms with van der Waals surface area (Å²) in [7, 11) is 1.99. The number of thiophene rings is 1. The highest BCUT2D eigenvalue weighted by Gasteiger charge is 2.25. The zero-order valence-electron chi connectivity index (χ0n) is 17.6. The van der Waals surface area contributed by atoms with E-state index in [-0.39, 0.29) is 0 Å². The van der Waals surface area contributed by atoms with Gasteiger partial charge in [-0.3, -0.25) is 0 Å². The molecule has 1 fully saturated rings. The maximum Gasteiger partial charge on any atom is 0.192 e. The van der Waals surface area contributed by atoms with Crippen molar-refractivity contribution >= 4 is 17.3 Å². The molecule has 1 aliphatic carbocycles. The minimum absolute atomic E-state index is 0.374. The van der Waals surface area contributed by atoms with E-state index in [1.54, 1.807) is 11.3 Å². The predicted molar refractivity (Wildman–Crippen MR) is 116 cm³/mol. The standard InChI is InChI=1S/C21H34N6S/c1-15(18-9-6-5-7-10-18)16(2)24-21(22-13-19-11-8-12-28-19)23-14-20-26-25-17(3)27(20)4/h8,11-12,15-16,18H,5-7,9-10,13-14H2,1-4H3,(H2,22,23,24). The normalized spacial score (nSPS) is 18.1. The third-order valence-corrected chi connectivity index (χ3v) is 6.99. The number of hydrogen-bond donors (Lipinski definition) is 2. The van der Waals surface area contributed by atoms with Gasteiger partial charge in [0.1, 0.15) is 12.4 Å². The molecule has 2 aromatic heterocycles. The number of aliphatic imine (C=N–C) groups is 1. The first-order chi connectivity index (χ1) is 13.5. The Morgan fingerprint density at radius 2 is 2.07 bits per heavy atom. The van der Waals surface area contributed by atoms with Gasteiger partial charge in [-0.05, 0) is 37.1 Å². The van der Waals surface area contributed by atoms with Crippen LogP contribution in [0.15, 0.2) is 22.5 Å². The van der Waals surface area contributed by atoms with Crippen molar-refractivity contribution in [2.75, 3.05) is 0 Å². The largest absolute Gasteiger partial charge is 0.354 e. The lowest BCUT2D eigenvalue weighted by molar-refractivity contribution is 0.229. The smallest absolute Gasteiger partial charge is 0.192 e. The molecule has 0 aromatic carbocycles. The Balaban J connectivity index is 1.65. The summed E-state index contributed by atoms with van der Waals surface area (Å²) in [6.07, 6.45) is 6.88. The van der Waals surface area contributed by atoms with Gasteiger partial charge in [-0.2, -0.15) is 0 Å². The van der Waals surface area contributed by atoms with Crippen molar-refractivity contribution in [3.63, 3.8) is 0 Å². The van der Waals surface area contributed by atoms with Crippen LogP contribution in [-0.4, -0.2) is 26.8 Å². The molecule has 0 aliphatic heterocycles. The number of aromatic nitrogens is 3. The fraction of sp³-hybridized carbons (Fsp3) is 0.667. The number of guanidine groups is 1. The first-order valence-electron chi connectivity index (χ1n) is 10.5. The fourth-order valence-electron chi connectivity index (χ4n) is 3.89. The van der Waals surface area contributed by atoms with E-state index in [9.17, 15) is 0 Å². The van der Waals surface area contributed by atoms with Crippen LogP contribution < -0.4 is 10.6 Å². The van der Waals surface area contributed by atoms with Crippen molar-refractivity contribution in [1.29, 1.82) is 0 Å². The summed E-state index contributed by atoms with van der Waals surface area (Å²) in [5, 5.41) is 17.6. The Hall–Kier alpha value is -1.89. The molecule has 28 heavy (non-hydrogen) atoms. The third kappa shape index (κ3) is 5.56. The summed E-state index contributed by atoms with van der Waals surface area (Å²) in [5.74, 6) is 4.08. The average Bonchev–Trinajstić information content (AvgIpc) is 3.35. The van der Waals surface area contributed by atoms with E-state index >= 15 is 0 Å². The molecule has 2 unspecified atom stereocenters. The van der Waals surface area contributed by atoms with Gasteiger partial charge in [0.2, 0.25) is 0 Å². The lowest BCUT2D eigenvalue weighted by Gasteiger charge is -2.33. The highest BCUT2D eigenvalue weighted by Crippen LogP contribution is 2.31. The maximum atomic E-state index is 4.81. The molecule has 0 amide bonds. The molecule has 7 heteroatoms. The summed E-state index contributed by atoms with van der Waals surface area (Å²) >= 11 is 1.76. The van der Waals surface area contributed by atoms with Gasteiger partial charge in [-0.15, -0.1) is 21.5 Å². The molecule has 0 spiro atoms. The quantitative estimate of drug-likeness (QED) is 0.542. The Bertz CT molecular complexity index is 745. The van der Waals surface area contributed by atoms with E-state index in [0.717, 1.165) is 30.1 Å². The van der Waals surface area contributed by atoms with Crippen LogP contribution in [0, 0.1) is 18.8 Å². The molecular formula is C21H34N6S. The zero-order valence-corrected chi connectivity index (χ0v) is 18.4. The van der Waals surface area contributed by atoms with Crippen LogP contribution in [0.4, 0.5) is 0 Å². The van der Waals surface area contributed by atoms with Gasteiger partial charge in [0.15, 0.2) is 11.8 Å². The molecule has 0 bridgehead atoms. The van der Waals surface area contributed by atoms with Gasteiger partial charge in [0.25, 0.3) is 0 Å². The van der Waals surface area contributed by atoms with E-state index in [1.165, 1.54) is 37.0 Å². The lowest BCUT2D eigenvalue weighted by Crippen LogP contribution is -2.46. The average molecular weight is 403 g/mol. The molecule has 6 nitrogen and oxygen atoms in total. The van der Waals surface area contributed by atoms with E-state index in [1.807, 2.05) is 18.5 Å². The van der Waals surface area contributed by atoms with Crippen LogP contribution in [0.25, 0.3) is 0 Å². The van der Waals surface area contributed by atoms with E-state index < -0.39 is 0 Å². The topological polar surface area (TPSA) is 67.1 Å². The van der Waals surface area contributed by atoms with Crippen LogP contribution >= 0.6 is 11.3 Å². The number of nitrogens with one attached hydrogen (secondary N) is 2.